The lowest BCUT2D eigenvalue weighted by Crippen LogP contribution is -2.53. The Kier molecular flexibility index (Phi) is 5.49. The van der Waals surface area contributed by atoms with Crippen molar-refractivity contribution in [2.75, 3.05) is 49.6 Å². The highest BCUT2D eigenvalue weighted by Gasteiger charge is 2.37. The van der Waals surface area contributed by atoms with Gasteiger partial charge in [0.15, 0.2) is 0 Å². The predicted octanol–water partition coefficient (Wildman–Crippen LogP) is 3.58. The van der Waals surface area contributed by atoms with Crippen molar-refractivity contribution in [2.45, 2.75) is 31.8 Å². The largest absolute Gasteiger partial charge is 0.366 e. The van der Waals surface area contributed by atoms with E-state index in [1.165, 1.54) is 6.07 Å². The molecule has 1 atom stereocenters. The van der Waals surface area contributed by atoms with Crippen LogP contribution in [0.1, 0.15) is 46.4 Å². The summed E-state index contributed by atoms with van der Waals surface area (Å²) < 4.78 is 14.1. The third-order valence-electron chi connectivity index (χ3n) is 7.04. The van der Waals surface area contributed by atoms with Crippen LogP contribution in [0.4, 0.5) is 15.8 Å². The fraction of sp³-hybridized carbons (Fsp3) is 0.440. The number of hydrogen-bond donors (Lipinski definition) is 0. The summed E-state index contributed by atoms with van der Waals surface area (Å²) in [5.41, 5.74) is 2.70. The fourth-order valence-corrected chi connectivity index (χ4v) is 5.22. The van der Waals surface area contributed by atoms with Crippen molar-refractivity contribution in [1.29, 1.82) is 0 Å². The molecule has 5 rings (SSSR count). The number of carbonyl (C=O) groups is 2. The highest BCUT2D eigenvalue weighted by Crippen LogP contribution is 2.34. The van der Waals surface area contributed by atoms with Gasteiger partial charge in [-0.05, 0) is 49.6 Å². The van der Waals surface area contributed by atoms with Crippen molar-refractivity contribution < 1.29 is 14.0 Å². The molecule has 3 aliphatic rings. The van der Waals surface area contributed by atoms with Crippen molar-refractivity contribution in [2.24, 2.45) is 0 Å². The first-order chi connectivity index (χ1) is 15.5. The summed E-state index contributed by atoms with van der Waals surface area (Å²) in [6.07, 6.45) is 4.32. The first-order valence-electron chi connectivity index (χ1n) is 11.5. The number of hydrogen-bond acceptors (Lipinski definition) is 4. The molecule has 0 spiro atoms. The Hall–Kier alpha value is -3.09. The maximum absolute atomic E-state index is 14.1. The van der Waals surface area contributed by atoms with E-state index < -0.39 is 0 Å². The lowest BCUT2D eigenvalue weighted by molar-refractivity contribution is 0.0659. The molecular weight excluding hydrogens is 407 g/mol. The average molecular weight is 437 g/mol. The normalized spacial score (nSPS) is 21.2. The van der Waals surface area contributed by atoms with Crippen molar-refractivity contribution >= 4 is 23.2 Å². The quantitative estimate of drug-likeness (QED) is 0.722. The first-order valence-corrected chi connectivity index (χ1v) is 11.5. The molecule has 0 N–H and O–H groups in total. The van der Waals surface area contributed by atoms with Crippen molar-refractivity contribution in [3.05, 3.63) is 59.4 Å². The van der Waals surface area contributed by atoms with Crippen molar-refractivity contribution in [3.63, 3.8) is 0 Å². The Labute approximate surface area is 188 Å². The zero-order chi connectivity index (χ0) is 22.2. The zero-order valence-electron chi connectivity index (χ0n) is 18.5. The fourth-order valence-electron chi connectivity index (χ4n) is 5.22. The highest BCUT2D eigenvalue weighted by molar-refractivity contribution is 6.04. The van der Waals surface area contributed by atoms with Crippen LogP contribution >= 0.6 is 0 Å². The summed E-state index contributed by atoms with van der Waals surface area (Å²) in [6, 6.07) is 12.2. The molecule has 0 aliphatic carbocycles. The number of amides is 2. The number of rotatable bonds is 2. The molecule has 2 aromatic carbocycles. The molecule has 168 valence electrons. The Balaban J connectivity index is 1.33. The number of nitrogens with zero attached hydrogens (tertiary/aromatic N) is 4. The lowest BCUT2D eigenvalue weighted by Gasteiger charge is -2.43. The van der Waals surface area contributed by atoms with Crippen LogP contribution in [0.5, 0.6) is 0 Å². The van der Waals surface area contributed by atoms with E-state index in [1.54, 1.807) is 24.3 Å². The third kappa shape index (κ3) is 3.59. The van der Waals surface area contributed by atoms with E-state index in [9.17, 15) is 14.0 Å². The average Bonchev–Trinajstić information content (AvgIpc) is 3.09. The minimum absolute atomic E-state index is 0.0369. The van der Waals surface area contributed by atoms with E-state index in [0.29, 0.717) is 43.0 Å². The number of para-hydroxylation sites is 1. The monoisotopic (exact) mass is 436 g/mol. The number of piperazine rings is 1. The number of halogens is 1. The van der Waals surface area contributed by atoms with Gasteiger partial charge in [-0.15, -0.1) is 0 Å². The van der Waals surface area contributed by atoms with Crippen molar-refractivity contribution in [1.82, 2.24) is 9.80 Å². The molecule has 3 heterocycles. The predicted molar refractivity (Wildman–Crippen MR) is 123 cm³/mol. The van der Waals surface area contributed by atoms with Crippen molar-refractivity contribution in [3.8, 4) is 0 Å². The molecule has 2 aromatic rings. The summed E-state index contributed by atoms with van der Waals surface area (Å²) in [7, 11) is 2.02. The van der Waals surface area contributed by atoms with E-state index in [1.807, 2.05) is 33.9 Å². The van der Waals surface area contributed by atoms with Gasteiger partial charge in [0.2, 0.25) is 0 Å². The van der Waals surface area contributed by atoms with Crippen LogP contribution in [0, 0.1) is 5.82 Å². The zero-order valence-corrected chi connectivity index (χ0v) is 18.5. The summed E-state index contributed by atoms with van der Waals surface area (Å²) in [5.74, 6) is -0.199. The SMILES string of the molecule is CN1c2cc(C(=O)N3CCN(c4ccccc4F)CC3)ccc2C(=O)N2CCCCCC21. The van der Waals surface area contributed by atoms with Crippen LogP contribution in [0.15, 0.2) is 42.5 Å². The Morgan fingerprint density at radius 1 is 0.938 bits per heavy atom. The van der Waals surface area contributed by atoms with Gasteiger partial charge >= 0.3 is 0 Å². The lowest BCUT2D eigenvalue weighted by atomic mass is 10.0. The van der Waals surface area contributed by atoms with E-state index in [-0.39, 0.29) is 23.8 Å². The molecule has 2 amide bonds. The summed E-state index contributed by atoms with van der Waals surface area (Å²) in [4.78, 5) is 34.3. The Morgan fingerprint density at radius 2 is 1.72 bits per heavy atom. The van der Waals surface area contributed by atoms with E-state index in [4.69, 9.17) is 0 Å². The number of carbonyl (C=O) groups excluding carboxylic acids is 2. The Bertz CT molecular complexity index is 1030. The van der Waals surface area contributed by atoms with Crippen LogP contribution in [0.25, 0.3) is 0 Å². The van der Waals surface area contributed by atoms with Gasteiger partial charge < -0.3 is 19.6 Å². The molecule has 0 radical (unpaired) electrons. The standard InChI is InChI=1S/C25H29FN4O2/c1-27-22-17-18(10-11-19(22)25(32)30-12-6-2-3-9-23(27)30)24(31)29-15-13-28(14-16-29)21-8-5-4-7-20(21)26/h4-5,7-8,10-11,17,23H,2-3,6,9,12-16H2,1H3. The van der Waals surface area contributed by atoms with Gasteiger partial charge in [-0.25, -0.2) is 4.39 Å². The second kappa shape index (κ2) is 8.45. The van der Waals surface area contributed by atoms with E-state index >= 15 is 0 Å². The summed E-state index contributed by atoms with van der Waals surface area (Å²) >= 11 is 0. The van der Waals surface area contributed by atoms with Crippen LogP contribution in [0.3, 0.4) is 0 Å². The van der Waals surface area contributed by atoms with Gasteiger partial charge in [0.1, 0.15) is 12.0 Å². The molecule has 0 saturated carbocycles. The summed E-state index contributed by atoms with van der Waals surface area (Å²) in [6.45, 7) is 3.05. The second-order valence-corrected chi connectivity index (χ2v) is 8.90. The van der Waals surface area contributed by atoms with Crippen LogP contribution in [-0.2, 0) is 0 Å². The van der Waals surface area contributed by atoms with Crippen LogP contribution in [-0.4, -0.2) is 67.6 Å². The van der Waals surface area contributed by atoms with Gasteiger partial charge in [-0.1, -0.05) is 18.6 Å². The molecule has 32 heavy (non-hydrogen) atoms. The third-order valence-corrected chi connectivity index (χ3v) is 7.04. The topological polar surface area (TPSA) is 47.1 Å². The molecule has 2 saturated heterocycles. The molecular formula is C25H29FN4O2. The molecule has 0 bridgehead atoms. The summed E-state index contributed by atoms with van der Waals surface area (Å²) in [5, 5.41) is 0. The smallest absolute Gasteiger partial charge is 0.257 e. The number of fused-ring (bicyclic) bond motifs is 2. The number of benzene rings is 2. The maximum Gasteiger partial charge on any atom is 0.257 e. The van der Waals surface area contributed by atoms with Crippen LogP contribution < -0.4 is 9.80 Å². The molecule has 6 nitrogen and oxygen atoms in total. The van der Waals surface area contributed by atoms with Gasteiger partial charge in [-0.3, -0.25) is 9.59 Å². The van der Waals surface area contributed by atoms with Gasteiger partial charge in [-0.2, -0.15) is 0 Å². The maximum atomic E-state index is 14.1. The number of anilines is 2. The van der Waals surface area contributed by atoms with Crippen LogP contribution in [0.2, 0.25) is 0 Å². The van der Waals surface area contributed by atoms with Gasteiger partial charge in [0.25, 0.3) is 11.8 Å². The molecule has 2 fully saturated rings. The highest BCUT2D eigenvalue weighted by atomic mass is 19.1. The molecule has 7 heteroatoms. The Morgan fingerprint density at radius 3 is 2.50 bits per heavy atom. The molecule has 3 aliphatic heterocycles. The van der Waals surface area contributed by atoms with Gasteiger partial charge in [0, 0.05) is 45.3 Å². The van der Waals surface area contributed by atoms with E-state index in [0.717, 1.165) is 37.9 Å². The molecule has 0 aromatic heterocycles. The molecule has 1 unspecified atom stereocenters. The van der Waals surface area contributed by atoms with E-state index in [2.05, 4.69) is 4.90 Å². The minimum Gasteiger partial charge on any atom is -0.366 e. The van der Waals surface area contributed by atoms with Gasteiger partial charge in [0.05, 0.1) is 16.9 Å². The first kappa shape index (κ1) is 20.8. The minimum atomic E-state index is -0.234. The second-order valence-electron chi connectivity index (χ2n) is 8.90.